The summed E-state index contributed by atoms with van der Waals surface area (Å²) in [6.07, 6.45) is 3.16. The van der Waals surface area contributed by atoms with Gasteiger partial charge < -0.3 is 9.64 Å². The topological polar surface area (TPSA) is 42.4 Å². The first-order valence-corrected chi connectivity index (χ1v) is 6.67. The predicted octanol–water partition coefficient (Wildman–Crippen LogP) is 2.89. The Morgan fingerprint density at radius 1 is 1.29 bits per heavy atom. The van der Waals surface area contributed by atoms with Crippen molar-refractivity contribution in [2.75, 3.05) is 13.7 Å². The molecule has 0 spiro atoms. The van der Waals surface area contributed by atoms with Crippen LogP contribution >= 0.6 is 0 Å². The lowest BCUT2D eigenvalue weighted by Crippen LogP contribution is -2.30. The number of carbonyl (C=O) groups excluding carboxylic acids is 1. The Labute approximate surface area is 123 Å². The quantitative estimate of drug-likeness (QED) is 0.849. The largest absolute Gasteiger partial charge is 0.494 e. The predicted molar refractivity (Wildman–Crippen MR) is 77.6 cm³/mol. The van der Waals surface area contributed by atoms with E-state index in [2.05, 4.69) is 4.98 Å². The van der Waals surface area contributed by atoms with E-state index < -0.39 is 5.82 Å². The van der Waals surface area contributed by atoms with Crippen LogP contribution in [0, 0.1) is 5.82 Å². The van der Waals surface area contributed by atoms with E-state index in [4.69, 9.17) is 4.74 Å². The van der Waals surface area contributed by atoms with Crippen molar-refractivity contribution in [3.05, 3.63) is 59.7 Å². The molecule has 4 nitrogen and oxygen atoms in total. The smallest absolute Gasteiger partial charge is 0.254 e. The Kier molecular flexibility index (Phi) is 4.87. The van der Waals surface area contributed by atoms with Gasteiger partial charge in [-0.05, 0) is 36.8 Å². The summed E-state index contributed by atoms with van der Waals surface area (Å²) in [4.78, 5) is 17.9. The summed E-state index contributed by atoms with van der Waals surface area (Å²) in [6.45, 7) is 2.77. The first-order chi connectivity index (χ1) is 10.2. The summed E-state index contributed by atoms with van der Waals surface area (Å²) in [5.41, 5.74) is 1.29. The molecule has 0 aliphatic heterocycles. The molecule has 0 saturated carbocycles. The monoisotopic (exact) mass is 288 g/mol. The van der Waals surface area contributed by atoms with E-state index in [9.17, 15) is 9.18 Å². The number of pyridine rings is 1. The molecule has 0 bridgehead atoms. The van der Waals surface area contributed by atoms with Gasteiger partial charge in [0.15, 0.2) is 11.6 Å². The SMILES string of the molecule is CCN(Cc1ccc(OC)c(F)c1)C(=O)c1ccncc1. The Bertz CT molecular complexity index is 617. The highest BCUT2D eigenvalue weighted by molar-refractivity contribution is 5.94. The number of hydrogen-bond acceptors (Lipinski definition) is 3. The average molecular weight is 288 g/mol. The van der Waals surface area contributed by atoms with Crippen LogP contribution < -0.4 is 4.74 Å². The number of nitrogens with zero attached hydrogens (tertiary/aromatic N) is 2. The molecule has 0 aliphatic carbocycles. The van der Waals surface area contributed by atoms with Crippen LogP contribution in [0.3, 0.4) is 0 Å². The van der Waals surface area contributed by atoms with E-state index >= 15 is 0 Å². The van der Waals surface area contributed by atoms with E-state index in [0.717, 1.165) is 5.56 Å². The zero-order valence-corrected chi connectivity index (χ0v) is 12.0. The third-order valence-corrected chi connectivity index (χ3v) is 3.19. The highest BCUT2D eigenvalue weighted by Gasteiger charge is 2.15. The van der Waals surface area contributed by atoms with Crippen molar-refractivity contribution in [3.8, 4) is 5.75 Å². The minimum Gasteiger partial charge on any atom is -0.494 e. The van der Waals surface area contributed by atoms with Crippen molar-refractivity contribution in [2.24, 2.45) is 0 Å². The fourth-order valence-electron chi connectivity index (χ4n) is 2.03. The van der Waals surface area contributed by atoms with Crippen LogP contribution in [0.2, 0.25) is 0 Å². The Morgan fingerprint density at radius 2 is 2.00 bits per heavy atom. The van der Waals surface area contributed by atoms with Crippen LogP contribution in [0.5, 0.6) is 5.75 Å². The number of rotatable bonds is 5. The molecule has 0 fully saturated rings. The van der Waals surface area contributed by atoms with Crippen LogP contribution in [0.25, 0.3) is 0 Å². The summed E-state index contributed by atoms with van der Waals surface area (Å²) in [5, 5.41) is 0. The van der Waals surface area contributed by atoms with Gasteiger partial charge in [-0.25, -0.2) is 4.39 Å². The molecule has 2 aromatic rings. The van der Waals surface area contributed by atoms with Crippen molar-refractivity contribution in [2.45, 2.75) is 13.5 Å². The molecular weight excluding hydrogens is 271 g/mol. The molecule has 110 valence electrons. The number of carbonyl (C=O) groups is 1. The molecular formula is C16H17FN2O2. The summed E-state index contributed by atoms with van der Waals surface area (Å²) in [7, 11) is 1.42. The minimum absolute atomic E-state index is 0.101. The van der Waals surface area contributed by atoms with Gasteiger partial charge in [-0.2, -0.15) is 0 Å². The summed E-state index contributed by atoms with van der Waals surface area (Å²) in [5.74, 6) is -0.333. The Balaban J connectivity index is 2.16. The zero-order chi connectivity index (χ0) is 15.2. The van der Waals surface area contributed by atoms with E-state index in [1.165, 1.54) is 13.2 Å². The van der Waals surface area contributed by atoms with Crippen molar-refractivity contribution in [1.82, 2.24) is 9.88 Å². The number of hydrogen-bond donors (Lipinski definition) is 0. The van der Waals surface area contributed by atoms with Crippen LogP contribution in [0.4, 0.5) is 4.39 Å². The Hall–Kier alpha value is -2.43. The maximum atomic E-state index is 13.7. The number of ether oxygens (including phenoxy) is 1. The number of aromatic nitrogens is 1. The maximum absolute atomic E-state index is 13.7. The standard InChI is InChI=1S/C16H17FN2O2/c1-3-19(16(20)13-6-8-18-9-7-13)11-12-4-5-15(21-2)14(17)10-12/h4-10H,3,11H2,1-2H3. The lowest BCUT2D eigenvalue weighted by Gasteiger charge is -2.21. The van der Waals surface area contributed by atoms with Gasteiger partial charge in [0.25, 0.3) is 5.91 Å². The minimum atomic E-state index is -0.428. The van der Waals surface area contributed by atoms with E-state index in [-0.39, 0.29) is 11.7 Å². The van der Waals surface area contributed by atoms with Gasteiger partial charge in [0, 0.05) is 31.0 Å². The molecule has 0 radical (unpaired) electrons. The van der Waals surface area contributed by atoms with Gasteiger partial charge in [-0.3, -0.25) is 9.78 Å². The van der Waals surface area contributed by atoms with Gasteiger partial charge in [0.05, 0.1) is 7.11 Å². The van der Waals surface area contributed by atoms with Crippen LogP contribution in [-0.4, -0.2) is 29.4 Å². The van der Waals surface area contributed by atoms with Gasteiger partial charge in [0.2, 0.25) is 0 Å². The third-order valence-electron chi connectivity index (χ3n) is 3.19. The molecule has 0 unspecified atom stereocenters. The molecule has 0 atom stereocenters. The summed E-state index contributed by atoms with van der Waals surface area (Å²) >= 11 is 0. The highest BCUT2D eigenvalue weighted by atomic mass is 19.1. The van der Waals surface area contributed by atoms with Gasteiger partial charge in [0.1, 0.15) is 0 Å². The van der Waals surface area contributed by atoms with Crippen molar-refractivity contribution in [1.29, 1.82) is 0 Å². The van der Waals surface area contributed by atoms with E-state index in [1.54, 1.807) is 41.6 Å². The molecule has 1 aromatic carbocycles. The zero-order valence-electron chi connectivity index (χ0n) is 12.0. The molecule has 1 amide bonds. The first kappa shape index (κ1) is 15.0. The fourth-order valence-corrected chi connectivity index (χ4v) is 2.03. The molecule has 5 heteroatoms. The number of benzene rings is 1. The van der Waals surface area contributed by atoms with Crippen molar-refractivity contribution >= 4 is 5.91 Å². The first-order valence-electron chi connectivity index (χ1n) is 6.67. The molecule has 0 aliphatic rings. The normalized spacial score (nSPS) is 10.2. The van der Waals surface area contributed by atoms with E-state index in [0.29, 0.717) is 18.7 Å². The Morgan fingerprint density at radius 3 is 2.57 bits per heavy atom. The second-order valence-corrected chi connectivity index (χ2v) is 4.52. The third kappa shape index (κ3) is 3.56. The molecule has 0 saturated heterocycles. The van der Waals surface area contributed by atoms with Gasteiger partial charge in [-0.1, -0.05) is 6.07 Å². The maximum Gasteiger partial charge on any atom is 0.254 e. The fraction of sp³-hybridized carbons (Fsp3) is 0.250. The molecule has 1 heterocycles. The second-order valence-electron chi connectivity index (χ2n) is 4.52. The molecule has 2 rings (SSSR count). The number of halogens is 1. The molecule has 21 heavy (non-hydrogen) atoms. The van der Waals surface area contributed by atoms with Crippen LogP contribution in [-0.2, 0) is 6.54 Å². The number of amides is 1. The average Bonchev–Trinajstić information content (AvgIpc) is 2.53. The van der Waals surface area contributed by atoms with Crippen LogP contribution in [0.1, 0.15) is 22.8 Å². The highest BCUT2D eigenvalue weighted by Crippen LogP contribution is 2.19. The lowest BCUT2D eigenvalue weighted by atomic mass is 10.1. The summed E-state index contributed by atoms with van der Waals surface area (Å²) in [6, 6.07) is 8.04. The van der Waals surface area contributed by atoms with Crippen molar-refractivity contribution < 1.29 is 13.9 Å². The second kappa shape index (κ2) is 6.83. The molecule has 0 N–H and O–H groups in total. The lowest BCUT2D eigenvalue weighted by molar-refractivity contribution is 0.0752. The number of methoxy groups -OCH3 is 1. The van der Waals surface area contributed by atoms with Gasteiger partial charge >= 0.3 is 0 Å². The van der Waals surface area contributed by atoms with Crippen LogP contribution in [0.15, 0.2) is 42.7 Å². The van der Waals surface area contributed by atoms with E-state index in [1.807, 2.05) is 6.92 Å². The van der Waals surface area contributed by atoms with Crippen molar-refractivity contribution in [3.63, 3.8) is 0 Å². The van der Waals surface area contributed by atoms with Gasteiger partial charge in [-0.15, -0.1) is 0 Å². The summed E-state index contributed by atoms with van der Waals surface area (Å²) < 4.78 is 18.6. The molecule has 1 aromatic heterocycles.